The van der Waals surface area contributed by atoms with Crippen LogP contribution in [0.2, 0.25) is 0 Å². The second-order valence-electron chi connectivity index (χ2n) is 6.46. The molecule has 124 valence electrons. The molecular weight excluding hydrogens is 282 g/mol. The van der Waals surface area contributed by atoms with Crippen LogP contribution >= 0.6 is 0 Å². The van der Waals surface area contributed by atoms with Crippen LogP contribution in [0.1, 0.15) is 70.0 Å². The van der Waals surface area contributed by atoms with E-state index >= 15 is 0 Å². The number of amides is 1. The number of carbonyl (C=O) groups is 1. The molecular formula is C16H27N3O3. The van der Waals surface area contributed by atoms with E-state index < -0.39 is 0 Å². The highest BCUT2D eigenvalue weighted by atomic mass is 16.5. The summed E-state index contributed by atoms with van der Waals surface area (Å²) in [6.07, 6.45) is 6.12. The maximum atomic E-state index is 12.0. The van der Waals surface area contributed by atoms with Crippen molar-refractivity contribution < 1.29 is 14.4 Å². The van der Waals surface area contributed by atoms with E-state index in [-0.39, 0.29) is 18.6 Å². The summed E-state index contributed by atoms with van der Waals surface area (Å²) >= 11 is 0. The Labute approximate surface area is 131 Å². The van der Waals surface area contributed by atoms with Gasteiger partial charge in [0.15, 0.2) is 5.82 Å². The lowest BCUT2D eigenvalue weighted by Crippen LogP contribution is -2.39. The van der Waals surface area contributed by atoms with Crippen molar-refractivity contribution in [1.82, 2.24) is 15.5 Å². The number of aliphatic hydroxyl groups excluding tert-OH is 1. The van der Waals surface area contributed by atoms with Crippen LogP contribution in [0.5, 0.6) is 0 Å². The standard InChI is InChI=1S/C16H27N3O3/c1-11(2)13(9-10-20)17-14(21)7-8-15-18-16(19-22-15)12-5-3-4-6-12/h11-13,20H,3-10H2,1-2H3,(H,17,21). The van der Waals surface area contributed by atoms with Crippen molar-refractivity contribution in [2.75, 3.05) is 6.61 Å². The highest BCUT2D eigenvalue weighted by molar-refractivity contribution is 5.76. The Kier molecular flexibility index (Phi) is 6.36. The predicted molar refractivity (Wildman–Crippen MR) is 82.3 cm³/mol. The summed E-state index contributed by atoms with van der Waals surface area (Å²) in [6, 6.07) is 0.00855. The van der Waals surface area contributed by atoms with Gasteiger partial charge in [0, 0.05) is 31.4 Å². The Morgan fingerprint density at radius 1 is 1.41 bits per heavy atom. The topological polar surface area (TPSA) is 88.2 Å². The molecule has 1 aliphatic rings. The van der Waals surface area contributed by atoms with Crippen LogP contribution in [-0.4, -0.2) is 33.8 Å². The van der Waals surface area contributed by atoms with E-state index in [4.69, 9.17) is 9.63 Å². The molecule has 0 spiro atoms. The molecule has 1 unspecified atom stereocenters. The summed E-state index contributed by atoms with van der Waals surface area (Å²) in [6.45, 7) is 4.15. The van der Waals surface area contributed by atoms with Crippen molar-refractivity contribution in [3.8, 4) is 0 Å². The maximum absolute atomic E-state index is 12.0. The number of aromatic nitrogens is 2. The third kappa shape index (κ3) is 4.80. The van der Waals surface area contributed by atoms with E-state index in [1.54, 1.807) is 0 Å². The lowest BCUT2D eigenvalue weighted by molar-refractivity contribution is -0.122. The van der Waals surface area contributed by atoms with Crippen molar-refractivity contribution >= 4 is 5.91 Å². The summed E-state index contributed by atoms with van der Waals surface area (Å²) in [7, 11) is 0. The van der Waals surface area contributed by atoms with Crippen molar-refractivity contribution in [3.63, 3.8) is 0 Å². The molecule has 0 aliphatic heterocycles. The molecule has 1 amide bonds. The molecule has 1 heterocycles. The monoisotopic (exact) mass is 309 g/mol. The summed E-state index contributed by atoms with van der Waals surface area (Å²) in [5, 5.41) is 16.0. The normalized spacial score (nSPS) is 17.1. The summed E-state index contributed by atoms with van der Waals surface area (Å²) in [5.41, 5.74) is 0. The first-order chi connectivity index (χ1) is 10.6. The number of nitrogens with zero attached hydrogens (tertiary/aromatic N) is 2. The molecule has 1 aliphatic carbocycles. The van der Waals surface area contributed by atoms with Crippen LogP contribution in [0, 0.1) is 5.92 Å². The van der Waals surface area contributed by atoms with Gasteiger partial charge in [-0.1, -0.05) is 31.8 Å². The summed E-state index contributed by atoms with van der Waals surface area (Å²) in [4.78, 5) is 16.4. The van der Waals surface area contributed by atoms with Crippen molar-refractivity contribution in [3.05, 3.63) is 11.7 Å². The Morgan fingerprint density at radius 3 is 2.77 bits per heavy atom. The minimum absolute atomic E-state index is 0.00855. The Hall–Kier alpha value is -1.43. The summed E-state index contributed by atoms with van der Waals surface area (Å²) < 4.78 is 5.25. The van der Waals surface area contributed by atoms with Crippen LogP contribution in [0.15, 0.2) is 4.52 Å². The van der Waals surface area contributed by atoms with Gasteiger partial charge in [-0.15, -0.1) is 0 Å². The molecule has 0 radical (unpaired) electrons. The van der Waals surface area contributed by atoms with Gasteiger partial charge in [-0.05, 0) is 25.2 Å². The maximum Gasteiger partial charge on any atom is 0.227 e. The Morgan fingerprint density at radius 2 is 2.14 bits per heavy atom. The van der Waals surface area contributed by atoms with Crippen molar-refractivity contribution in [2.45, 2.75) is 70.8 Å². The molecule has 0 aromatic carbocycles. The van der Waals surface area contributed by atoms with Gasteiger partial charge in [0.1, 0.15) is 0 Å². The van der Waals surface area contributed by atoms with Crippen LogP contribution in [0.4, 0.5) is 0 Å². The molecule has 0 saturated heterocycles. The zero-order chi connectivity index (χ0) is 15.9. The zero-order valence-electron chi connectivity index (χ0n) is 13.5. The first-order valence-corrected chi connectivity index (χ1v) is 8.33. The molecule has 1 saturated carbocycles. The first-order valence-electron chi connectivity index (χ1n) is 8.33. The molecule has 6 heteroatoms. The third-order valence-corrected chi connectivity index (χ3v) is 4.36. The van der Waals surface area contributed by atoms with Gasteiger partial charge in [-0.3, -0.25) is 4.79 Å². The van der Waals surface area contributed by atoms with Gasteiger partial charge in [0.2, 0.25) is 11.8 Å². The quantitative estimate of drug-likeness (QED) is 0.768. The van der Waals surface area contributed by atoms with Crippen molar-refractivity contribution in [2.24, 2.45) is 5.92 Å². The predicted octanol–water partition coefficient (Wildman–Crippen LogP) is 2.18. The fourth-order valence-electron chi connectivity index (χ4n) is 2.93. The number of nitrogens with one attached hydrogen (secondary N) is 1. The third-order valence-electron chi connectivity index (χ3n) is 4.36. The minimum Gasteiger partial charge on any atom is -0.396 e. The number of aliphatic hydroxyl groups is 1. The first kappa shape index (κ1) is 16.9. The summed E-state index contributed by atoms with van der Waals surface area (Å²) in [5.74, 6) is 2.04. The minimum atomic E-state index is -0.0345. The van der Waals surface area contributed by atoms with Crippen LogP contribution in [0.3, 0.4) is 0 Å². The average Bonchev–Trinajstić information content (AvgIpc) is 3.15. The fourth-order valence-corrected chi connectivity index (χ4v) is 2.93. The van der Waals surface area contributed by atoms with E-state index in [0.717, 1.165) is 18.7 Å². The number of carbonyl (C=O) groups excluding carboxylic acids is 1. The number of hydrogen-bond donors (Lipinski definition) is 2. The van der Waals surface area contributed by atoms with Crippen molar-refractivity contribution in [1.29, 1.82) is 0 Å². The van der Waals surface area contributed by atoms with Crippen LogP contribution in [-0.2, 0) is 11.2 Å². The zero-order valence-corrected chi connectivity index (χ0v) is 13.5. The van der Waals surface area contributed by atoms with Gasteiger partial charge >= 0.3 is 0 Å². The van der Waals surface area contributed by atoms with E-state index in [2.05, 4.69) is 15.5 Å². The number of hydrogen-bond acceptors (Lipinski definition) is 5. The highest BCUT2D eigenvalue weighted by Crippen LogP contribution is 2.32. The smallest absolute Gasteiger partial charge is 0.227 e. The molecule has 0 bridgehead atoms. The largest absolute Gasteiger partial charge is 0.396 e. The molecule has 1 aromatic rings. The highest BCUT2D eigenvalue weighted by Gasteiger charge is 2.22. The van der Waals surface area contributed by atoms with Gasteiger partial charge in [-0.2, -0.15) is 4.98 Å². The molecule has 2 N–H and O–H groups in total. The second-order valence-corrected chi connectivity index (χ2v) is 6.46. The molecule has 1 aromatic heterocycles. The molecule has 6 nitrogen and oxygen atoms in total. The Bertz CT molecular complexity index is 467. The van der Waals surface area contributed by atoms with E-state index in [9.17, 15) is 4.79 Å². The van der Waals surface area contributed by atoms with Gasteiger partial charge in [0.25, 0.3) is 0 Å². The van der Waals surface area contributed by atoms with Gasteiger partial charge < -0.3 is 14.9 Å². The van der Waals surface area contributed by atoms with Gasteiger partial charge in [0.05, 0.1) is 0 Å². The number of aryl methyl sites for hydroxylation is 1. The Balaban J connectivity index is 1.78. The average molecular weight is 309 g/mol. The van der Waals surface area contributed by atoms with Gasteiger partial charge in [-0.25, -0.2) is 0 Å². The second kappa shape index (κ2) is 8.27. The van der Waals surface area contributed by atoms with Crippen LogP contribution in [0.25, 0.3) is 0 Å². The molecule has 22 heavy (non-hydrogen) atoms. The van der Waals surface area contributed by atoms with Crippen LogP contribution < -0.4 is 5.32 Å². The van der Waals surface area contributed by atoms with E-state index in [1.165, 1.54) is 12.8 Å². The SMILES string of the molecule is CC(C)C(CCO)NC(=O)CCc1nc(C2CCCC2)no1. The van der Waals surface area contributed by atoms with E-state index in [0.29, 0.717) is 37.0 Å². The lowest BCUT2D eigenvalue weighted by atomic mass is 10.0. The molecule has 2 rings (SSSR count). The number of rotatable bonds is 8. The molecule has 1 atom stereocenters. The molecule has 1 fully saturated rings. The van der Waals surface area contributed by atoms with E-state index in [1.807, 2.05) is 13.8 Å². The fraction of sp³-hybridized carbons (Fsp3) is 0.812. The lowest BCUT2D eigenvalue weighted by Gasteiger charge is -2.21.